The van der Waals surface area contributed by atoms with Gasteiger partial charge in [0.1, 0.15) is 5.78 Å². The van der Waals surface area contributed by atoms with Crippen LogP contribution in [0.25, 0.3) is 0 Å². The summed E-state index contributed by atoms with van der Waals surface area (Å²) in [4.78, 5) is 39.3. The van der Waals surface area contributed by atoms with Crippen molar-refractivity contribution in [1.82, 2.24) is 0 Å². The number of imide groups is 1. The molecule has 1 aromatic rings. The first-order valence-electron chi connectivity index (χ1n) is 8.14. The number of para-hydroxylation sites is 1. The van der Waals surface area contributed by atoms with Crippen LogP contribution in [-0.2, 0) is 14.4 Å². The summed E-state index contributed by atoms with van der Waals surface area (Å²) in [7, 11) is 0. The Labute approximate surface area is 129 Å². The van der Waals surface area contributed by atoms with Crippen molar-refractivity contribution in [3.63, 3.8) is 0 Å². The van der Waals surface area contributed by atoms with Gasteiger partial charge in [-0.15, -0.1) is 0 Å². The smallest absolute Gasteiger partial charge is 0.238 e. The fraction of sp³-hybridized carbons (Fsp3) is 0.500. The topological polar surface area (TPSA) is 54.5 Å². The Morgan fingerprint density at radius 1 is 0.864 bits per heavy atom. The van der Waals surface area contributed by atoms with E-state index < -0.39 is 5.92 Å². The van der Waals surface area contributed by atoms with Gasteiger partial charge in [0.15, 0.2) is 0 Å². The van der Waals surface area contributed by atoms with Gasteiger partial charge in [-0.3, -0.25) is 19.3 Å². The number of benzene rings is 1. The average molecular weight is 297 g/mol. The van der Waals surface area contributed by atoms with E-state index in [4.69, 9.17) is 0 Å². The average Bonchev–Trinajstić information content (AvgIpc) is 2.80. The highest BCUT2D eigenvalue weighted by atomic mass is 16.2. The van der Waals surface area contributed by atoms with E-state index in [-0.39, 0.29) is 41.8 Å². The number of carbonyl (C=O) groups is 3. The molecule has 3 aliphatic rings. The lowest BCUT2D eigenvalue weighted by molar-refractivity contribution is -0.139. The molecule has 2 aliphatic carbocycles. The van der Waals surface area contributed by atoms with Gasteiger partial charge < -0.3 is 0 Å². The Morgan fingerprint density at radius 2 is 1.59 bits per heavy atom. The molecule has 114 valence electrons. The minimum Gasteiger partial charge on any atom is -0.299 e. The van der Waals surface area contributed by atoms with Crippen molar-refractivity contribution in [2.75, 3.05) is 4.90 Å². The minimum absolute atomic E-state index is 0.00229. The van der Waals surface area contributed by atoms with Gasteiger partial charge in [0, 0.05) is 12.3 Å². The fourth-order valence-electron chi connectivity index (χ4n) is 4.63. The van der Waals surface area contributed by atoms with E-state index >= 15 is 0 Å². The quantitative estimate of drug-likeness (QED) is 0.749. The molecule has 1 heterocycles. The maximum absolute atomic E-state index is 12.9. The number of anilines is 1. The van der Waals surface area contributed by atoms with Gasteiger partial charge in [-0.05, 0) is 30.9 Å². The summed E-state index contributed by atoms with van der Waals surface area (Å²) in [6.07, 6.45) is 4.16. The van der Waals surface area contributed by atoms with Crippen LogP contribution in [0.4, 0.5) is 5.69 Å². The molecule has 4 heteroatoms. The third kappa shape index (κ3) is 1.86. The summed E-state index contributed by atoms with van der Waals surface area (Å²) in [5.41, 5.74) is 0.631. The molecule has 1 saturated heterocycles. The van der Waals surface area contributed by atoms with Gasteiger partial charge >= 0.3 is 0 Å². The Balaban J connectivity index is 1.72. The Morgan fingerprint density at radius 3 is 2.36 bits per heavy atom. The zero-order valence-electron chi connectivity index (χ0n) is 12.4. The van der Waals surface area contributed by atoms with E-state index in [1.165, 1.54) is 4.90 Å². The summed E-state index contributed by atoms with van der Waals surface area (Å²) in [5.74, 6) is -0.714. The molecule has 0 bridgehead atoms. The summed E-state index contributed by atoms with van der Waals surface area (Å²) < 4.78 is 0. The first-order valence-corrected chi connectivity index (χ1v) is 8.14. The predicted molar refractivity (Wildman–Crippen MR) is 81.0 cm³/mol. The van der Waals surface area contributed by atoms with Crippen LogP contribution in [0, 0.1) is 23.7 Å². The van der Waals surface area contributed by atoms with Crippen LogP contribution in [0.1, 0.15) is 32.1 Å². The number of carbonyl (C=O) groups excluding carboxylic acids is 3. The van der Waals surface area contributed by atoms with Crippen LogP contribution in [0.5, 0.6) is 0 Å². The molecule has 4 nitrogen and oxygen atoms in total. The van der Waals surface area contributed by atoms with Crippen molar-refractivity contribution in [2.45, 2.75) is 32.1 Å². The zero-order valence-corrected chi connectivity index (χ0v) is 12.4. The number of hydrogen-bond acceptors (Lipinski definition) is 3. The van der Waals surface area contributed by atoms with Crippen LogP contribution in [0.3, 0.4) is 0 Å². The molecule has 4 rings (SSSR count). The summed E-state index contributed by atoms with van der Waals surface area (Å²) in [6.45, 7) is 0. The van der Waals surface area contributed by atoms with Gasteiger partial charge in [0.2, 0.25) is 11.8 Å². The van der Waals surface area contributed by atoms with Gasteiger partial charge in [-0.1, -0.05) is 31.0 Å². The zero-order chi connectivity index (χ0) is 15.3. The molecule has 0 N–H and O–H groups in total. The van der Waals surface area contributed by atoms with E-state index in [1.54, 1.807) is 12.1 Å². The number of nitrogens with zero attached hydrogens (tertiary/aromatic N) is 1. The highest BCUT2D eigenvalue weighted by molar-refractivity contribution is 6.23. The minimum atomic E-state index is -0.431. The van der Waals surface area contributed by atoms with Gasteiger partial charge in [0.05, 0.1) is 17.5 Å². The van der Waals surface area contributed by atoms with Gasteiger partial charge in [0.25, 0.3) is 0 Å². The summed E-state index contributed by atoms with van der Waals surface area (Å²) in [5, 5.41) is 0. The Hall–Kier alpha value is -1.97. The van der Waals surface area contributed by atoms with Crippen LogP contribution in [0.2, 0.25) is 0 Å². The second-order valence-corrected chi connectivity index (χ2v) is 6.70. The normalized spacial score (nSPS) is 34.5. The van der Waals surface area contributed by atoms with E-state index in [1.807, 2.05) is 18.2 Å². The predicted octanol–water partition coefficient (Wildman–Crippen LogP) is 2.57. The second-order valence-electron chi connectivity index (χ2n) is 6.70. The van der Waals surface area contributed by atoms with Crippen molar-refractivity contribution < 1.29 is 14.4 Å². The monoisotopic (exact) mass is 297 g/mol. The number of hydrogen-bond donors (Lipinski definition) is 0. The molecule has 0 aromatic heterocycles. The van der Waals surface area contributed by atoms with Crippen molar-refractivity contribution in [2.24, 2.45) is 23.7 Å². The first kappa shape index (κ1) is 13.7. The first-order chi connectivity index (χ1) is 10.7. The molecule has 2 saturated carbocycles. The number of amides is 2. The van der Waals surface area contributed by atoms with E-state index in [0.717, 1.165) is 25.7 Å². The van der Waals surface area contributed by atoms with E-state index in [0.29, 0.717) is 5.69 Å². The van der Waals surface area contributed by atoms with Crippen LogP contribution < -0.4 is 4.90 Å². The highest BCUT2D eigenvalue weighted by Crippen LogP contribution is 2.49. The van der Waals surface area contributed by atoms with E-state index in [2.05, 4.69) is 0 Å². The number of ketones is 1. The summed E-state index contributed by atoms with van der Waals surface area (Å²) >= 11 is 0. The lowest BCUT2D eigenvalue weighted by Crippen LogP contribution is -2.43. The van der Waals surface area contributed by atoms with Gasteiger partial charge in [-0.25, -0.2) is 0 Å². The molecule has 2 amide bonds. The lowest BCUT2D eigenvalue weighted by atomic mass is 9.62. The molecule has 22 heavy (non-hydrogen) atoms. The number of Topliss-reactive ketones (excluding diaryl/α,β-unsaturated/α-hetero) is 1. The Kier molecular flexibility index (Phi) is 3.13. The highest BCUT2D eigenvalue weighted by Gasteiger charge is 2.57. The molecule has 1 aliphatic heterocycles. The van der Waals surface area contributed by atoms with Gasteiger partial charge in [-0.2, -0.15) is 0 Å². The lowest BCUT2D eigenvalue weighted by Gasteiger charge is -2.39. The molecule has 0 spiro atoms. The van der Waals surface area contributed by atoms with Crippen LogP contribution >= 0.6 is 0 Å². The Bertz CT molecular complexity index is 639. The van der Waals surface area contributed by atoms with Crippen LogP contribution in [0.15, 0.2) is 30.3 Å². The standard InChI is InChI=1S/C18H19NO3/c20-15-10-14-16(13-9-5-4-8-12(13)15)18(22)19(17(14)21)11-6-2-1-3-7-11/h1-3,6-7,12-14,16H,4-5,8-10H2/t12-,13+,14-,16+/m1/s1. The third-order valence-corrected chi connectivity index (χ3v) is 5.61. The molecule has 0 radical (unpaired) electrons. The molecule has 0 unspecified atom stereocenters. The molecule has 3 fully saturated rings. The molecule has 1 aromatic carbocycles. The summed E-state index contributed by atoms with van der Waals surface area (Å²) in [6, 6.07) is 9.09. The SMILES string of the molecule is O=C1C[C@H]2C(=O)N(c3ccccc3)C(=O)[C@H]2[C@H]2CCCC[C@@H]12. The molecular weight excluding hydrogens is 278 g/mol. The van der Waals surface area contributed by atoms with Crippen molar-refractivity contribution in [1.29, 1.82) is 0 Å². The van der Waals surface area contributed by atoms with E-state index in [9.17, 15) is 14.4 Å². The second kappa shape index (κ2) is 5.04. The number of rotatable bonds is 1. The molecule has 4 atom stereocenters. The third-order valence-electron chi connectivity index (χ3n) is 5.61. The number of fused-ring (bicyclic) bond motifs is 3. The molecular formula is C18H19NO3. The maximum atomic E-state index is 12.9. The maximum Gasteiger partial charge on any atom is 0.238 e. The fourth-order valence-corrected chi connectivity index (χ4v) is 4.63. The largest absolute Gasteiger partial charge is 0.299 e. The van der Waals surface area contributed by atoms with Crippen LogP contribution in [-0.4, -0.2) is 17.6 Å². The van der Waals surface area contributed by atoms with Crippen molar-refractivity contribution in [3.05, 3.63) is 30.3 Å². The van der Waals surface area contributed by atoms with Crippen molar-refractivity contribution in [3.8, 4) is 0 Å². The van der Waals surface area contributed by atoms with Crippen molar-refractivity contribution >= 4 is 23.3 Å².